The first kappa shape index (κ1) is 14.7. The van der Waals surface area contributed by atoms with E-state index in [9.17, 15) is 4.79 Å². The molecule has 0 radical (unpaired) electrons. The highest BCUT2D eigenvalue weighted by Gasteiger charge is 2.31. The van der Waals surface area contributed by atoms with Gasteiger partial charge in [0.05, 0.1) is 6.61 Å². The number of carboxylic acid groups (broad SMARTS) is 1. The standard InChI is InChI=1S/C14H21NO3/c1-14(15-2,13(16)17)11-18-10-6-9-12-7-4-3-5-8-12/h3-5,7-8,15H,6,9-11H2,1-2H3,(H,16,17). The van der Waals surface area contributed by atoms with Crippen molar-refractivity contribution in [3.63, 3.8) is 0 Å². The Bertz CT molecular complexity index is 367. The molecule has 4 heteroatoms. The second-order valence-electron chi connectivity index (χ2n) is 4.53. The van der Waals surface area contributed by atoms with Crippen LogP contribution in [0.15, 0.2) is 30.3 Å². The summed E-state index contributed by atoms with van der Waals surface area (Å²) in [4.78, 5) is 11.0. The second kappa shape index (κ2) is 7.13. The molecule has 4 nitrogen and oxygen atoms in total. The van der Waals surface area contributed by atoms with E-state index in [0.29, 0.717) is 6.61 Å². The third-order valence-corrected chi connectivity index (χ3v) is 3.01. The van der Waals surface area contributed by atoms with Gasteiger partial charge in [0.2, 0.25) is 0 Å². The van der Waals surface area contributed by atoms with E-state index in [2.05, 4.69) is 17.4 Å². The highest BCUT2D eigenvalue weighted by atomic mass is 16.5. The molecular weight excluding hydrogens is 230 g/mol. The molecule has 1 aromatic rings. The van der Waals surface area contributed by atoms with E-state index in [4.69, 9.17) is 9.84 Å². The molecule has 0 aliphatic heterocycles. The Morgan fingerprint density at radius 2 is 2.06 bits per heavy atom. The number of rotatable bonds is 8. The summed E-state index contributed by atoms with van der Waals surface area (Å²) in [6.07, 6.45) is 1.84. The second-order valence-corrected chi connectivity index (χ2v) is 4.53. The Balaban J connectivity index is 2.21. The van der Waals surface area contributed by atoms with Gasteiger partial charge in [0, 0.05) is 6.61 Å². The van der Waals surface area contributed by atoms with Crippen LogP contribution in [-0.2, 0) is 16.0 Å². The van der Waals surface area contributed by atoms with Gasteiger partial charge in [0.25, 0.3) is 0 Å². The fourth-order valence-corrected chi connectivity index (χ4v) is 1.54. The van der Waals surface area contributed by atoms with Gasteiger partial charge < -0.3 is 15.2 Å². The summed E-state index contributed by atoms with van der Waals surface area (Å²) >= 11 is 0. The molecule has 0 amide bonds. The highest BCUT2D eigenvalue weighted by molar-refractivity contribution is 5.78. The Labute approximate surface area is 108 Å². The normalized spacial score (nSPS) is 14.1. The van der Waals surface area contributed by atoms with Crippen molar-refractivity contribution in [3.05, 3.63) is 35.9 Å². The smallest absolute Gasteiger partial charge is 0.326 e. The summed E-state index contributed by atoms with van der Waals surface area (Å²) in [6.45, 7) is 2.36. The van der Waals surface area contributed by atoms with Gasteiger partial charge in [0.1, 0.15) is 5.54 Å². The number of hydrogen-bond donors (Lipinski definition) is 2. The lowest BCUT2D eigenvalue weighted by Gasteiger charge is -2.23. The molecule has 0 heterocycles. The molecule has 100 valence electrons. The van der Waals surface area contributed by atoms with Crippen LogP contribution >= 0.6 is 0 Å². The molecule has 18 heavy (non-hydrogen) atoms. The molecule has 0 aliphatic carbocycles. The lowest BCUT2D eigenvalue weighted by Crippen LogP contribution is -2.51. The largest absolute Gasteiger partial charge is 0.480 e. The fraction of sp³-hybridized carbons (Fsp3) is 0.500. The third-order valence-electron chi connectivity index (χ3n) is 3.01. The molecule has 1 rings (SSSR count). The van der Waals surface area contributed by atoms with Gasteiger partial charge in [0.15, 0.2) is 0 Å². The van der Waals surface area contributed by atoms with Crippen molar-refractivity contribution in [1.82, 2.24) is 5.32 Å². The Morgan fingerprint density at radius 1 is 1.39 bits per heavy atom. The molecule has 0 aromatic heterocycles. The van der Waals surface area contributed by atoms with Crippen molar-refractivity contribution in [1.29, 1.82) is 0 Å². The fourth-order valence-electron chi connectivity index (χ4n) is 1.54. The molecule has 0 saturated carbocycles. The summed E-state index contributed by atoms with van der Waals surface area (Å²) in [5, 5.41) is 11.8. The molecular formula is C14H21NO3. The lowest BCUT2D eigenvalue weighted by atomic mass is 10.1. The average molecular weight is 251 g/mol. The SMILES string of the molecule is CNC(C)(COCCCc1ccccc1)C(=O)O. The topological polar surface area (TPSA) is 58.6 Å². The van der Waals surface area contributed by atoms with Gasteiger partial charge in [-0.25, -0.2) is 0 Å². The van der Waals surface area contributed by atoms with Gasteiger partial charge in [-0.3, -0.25) is 4.79 Å². The predicted molar refractivity (Wildman–Crippen MR) is 70.7 cm³/mol. The summed E-state index contributed by atoms with van der Waals surface area (Å²) in [5.41, 5.74) is 0.267. The van der Waals surface area contributed by atoms with E-state index < -0.39 is 11.5 Å². The van der Waals surface area contributed by atoms with Gasteiger partial charge in [-0.1, -0.05) is 30.3 Å². The van der Waals surface area contributed by atoms with Crippen LogP contribution in [0.4, 0.5) is 0 Å². The maximum absolute atomic E-state index is 11.0. The van der Waals surface area contributed by atoms with Crippen molar-refractivity contribution >= 4 is 5.97 Å². The van der Waals surface area contributed by atoms with E-state index >= 15 is 0 Å². The highest BCUT2D eigenvalue weighted by Crippen LogP contribution is 2.06. The van der Waals surface area contributed by atoms with E-state index in [1.54, 1.807) is 14.0 Å². The predicted octanol–water partition coefficient (Wildman–Crippen LogP) is 1.70. The van der Waals surface area contributed by atoms with Gasteiger partial charge in [-0.15, -0.1) is 0 Å². The zero-order chi connectivity index (χ0) is 13.4. The van der Waals surface area contributed by atoms with Crippen LogP contribution in [0.1, 0.15) is 18.9 Å². The number of carbonyl (C=O) groups is 1. The number of aliphatic carboxylic acids is 1. The molecule has 0 fully saturated rings. The van der Waals surface area contributed by atoms with Crippen molar-refractivity contribution in [3.8, 4) is 0 Å². The maximum Gasteiger partial charge on any atom is 0.326 e. The minimum absolute atomic E-state index is 0.174. The monoisotopic (exact) mass is 251 g/mol. The molecule has 0 aliphatic rings. The minimum Gasteiger partial charge on any atom is -0.480 e. The van der Waals surface area contributed by atoms with Crippen LogP contribution in [0.5, 0.6) is 0 Å². The van der Waals surface area contributed by atoms with Crippen molar-refractivity contribution in [2.45, 2.75) is 25.3 Å². The number of carboxylic acids is 1. The molecule has 0 spiro atoms. The quantitative estimate of drug-likeness (QED) is 0.690. The number of ether oxygens (including phenoxy) is 1. The van der Waals surface area contributed by atoms with Crippen LogP contribution in [0.2, 0.25) is 0 Å². The molecule has 1 unspecified atom stereocenters. The Kier molecular flexibility index (Phi) is 5.82. The third kappa shape index (κ3) is 4.47. The zero-order valence-electron chi connectivity index (χ0n) is 11.0. The van der Waals surface area contributed by atoms with Gasteiger partial charge >= 0.3 is 5.97 Å². The maximum atomic E-state index is 11.0. The first-order chi connectivity index (χ1) is 8.58. The first-order valence-electron chi connectivity index (χ1n) is 6.12. The van der Waals surface area contributed by atoms with E-state index in [1.165, 1.54) is 5.56 Å². The van der Waals surface area contributed by atoms with Gasteiger partial charge in [-0.2, -0.15) is 0 Å². The number of nitrogens with one attached hydrogen (secondary N) is 1. The van der Waals surface area contributed by atoms with Crippen LogP contribution in [0.25, 0.3) is 0 Å². The van der Waals surface area contributed by atoms with Crippen LogP contribution in [0.3, 0.4) is 0 Å². The van der Waals surface area contributed by atoms with E-state index in [1.807, 2.05) is 18.2 Å². The van der Waals surface area contributed by atoms with E-state index in [0.717, 1.165) is 12.8 Å². The first-order valence-corrected chi connectivity index (χ1v) is 6.12. The molecule has 0 saturated heterocycles. The molecule has 1 atom stereocenters. The summed E-state index contributed by atoms with van der Waals surface area (Å²) in [5.74, 6) is -0.895. The molecule has 0 bridgehead atoms. The van der Waals surface area contributed by atoms with E-state index in [-0.39, 0.29) is 6.61 Å². The van der Waals surface area contributed by atoms with Crippen molar-refractivity contribution < 1.29 is 14.6 Å². The van der Waals surface area contributed by atoms with Crippen molar-refractivity contribution in [2.75, 3.05) is 20.3 Å². The summed E-state index contributed by atoms with van der Waals surface area (Å²) in [7, 11) is 1.63. The summed E-state index contributed by atoms with van der Waals surface area (Å²) < 4.78 is 5.43. The van der Waals surface area contributed by atoms with Crippen LogP contribution in [0, 0.1) is 0 Å². The number of hydrogen-bond acceptors (Lipinski definition) is 3. The van der Waals surface area contributed by atoms with Crippen molar-refractivity contribution in [2.24, 2.45) is 0 Å². The minimum atomic E-state index is -1.01. The number of likely N-dealkylation sites (N-methyl/N-ethyl adjacent to an activating group) is 1. The van der Waals surface area contributed by atoms with Crippen LogP contribution < -0.4 is 5.32 Å². The zero-order valence-corrected chi connectivity index (χ0v) is 11.0. The Morgan fingerprint density at radius 3 is 2.61 bits per heavy atom. The number of aryl methyl sites for hydroxylation is 1. The molecule has 2 N–H and O–H groups in total. The summed E-state index contributed by atoms with van der Waals surface area (Å²) in [6, 6.07) is 10.2. The van der Waals surface area contributed by atoms with Crippen LogP contribution in [-0.4, -0.2) is 36.9 Å². The lowest BCUT2D eigenvalue weighted by molar-refractivity contribution is -0.146. The number of benzene rings is 1. The van der Waals surface area contributed by atoms with Gasteiger partial charge in [-0.05, 0) is 32.4 Å². The Hall–Kier alpha value is -1.39. The molecule has 1 aromatic carbocycles. The average Bonchev–Trinajstić information content (AvgIpc) is 2.39.